The molecule has 0 atom stereocenters. The van der Waals surface area contributed by atoms with Gasteiger partial charge in [0.2, 0.25) is 5.95 Å². The number of rotatable bonds is 7. The first-order valence-corrected chi connectivity index (χ1v) is 10.00. The van der Waals surface area contributed by atoms with Gasteiger partial charge in [-0.25, -0.2) is 0 Å². The lowest BCUT2D eigenvalue weighted by Gasteiger charge is -2.19. The number of nitrogens with two attached hydrogens (primary N) is 1. The van der Waals surface area contributed by atoms with E-state index in [2.05, 4.69) is 74.2 Å². The largest absolute Gasteiger partial charge is 0.365 e. The molecule has 7 nitrogen and oxygen atoms in total. The molecule has 0 bridgehead atoms. The van der Waals surface area contributed by atoms with Crippen LogP contribution in [0.4, 0.5) is 11.8 Å². The number of nitrogens with one attached hydrogen (secondary N) is 2. The van der Waals surface area contributed by atoms with Crippen molar-refractivity contribution in [3.8, 4) is 11.1 Å². The molecule has 4 rings (SSSR count). The van der Waals surface area contributed by atoms with Gasteiger partial charge in [0, 0.05) is 25.7 Å². The van der Waals surface area contributed by atoms with Crippen LogP contribution in [-0.4, -0.2) is 31.8 Å². The van der Waals surface area contributed by atoms with Gasteiger partial charge in [-0.05, 0) is 30.5 Å². The van der Waals surface area contributed by atoms with E-state index in [0.717, 1.165) is 16.9 Å². The number of nitrogens with zero attached hydrogens (tertiary/aromatic N) is 4. The Morgan fingerprint density at radius 2 is 1.63 bits per heavy atom. The van der Waals surface area contributed by atoms with Crippen molar-refractivity contribution in [1.29, 1.82) is 0 Å². The van der Waals surface area contributed by atoms with Crippen molar-refractivity contribution in [3.63, 3.8) is 0 Å². The molecule has 4 aromatic rings. The Balaban J connectivity index is 1.53. The molecule has 2 aromatic carbocycles. The van der Waals surface area contributed by atoms with E-state index < -0.39 is 0 Å². The van der Waals surface area contributed by atoms with Crippen molar-refractivity contribution in [2.75, 3.05) is 17.2 Å². The smallest absolute Gasteiger partial charge is 0.226 e. The van der Waals surface area contributed by atoms with Crippen molar-refractivity contribution >= 4 is 22.8 Å². The number of aryl methyl sites for hydroxylation is 1. The normalized spacial score (nSPS) is 11.6. The Hall–Kier alpha value is -3.45. The molecule has 0 radical (unpaired) electrons. The first kappa shape index (κ1) is 19.8. The Bertz CT molecular complexity index is 1130. The first-order valence-electron chi connectivity index (χ1n) is 10.00. The number of hydrogen-bond acceptors (Lipinski definition) is 6. The van der Waals surface area contributed by atoms with E-state index in [4.69, 9.17) is 5.73 Å². The predicted molar refractivity (Wildman–Crippen MR) is 122 cm³/mol. The standard InChI is InChI=1S/C23H27N7/c1-23(2,24)15-26-22-28-20(19-14-27-30(3)21(19)29-22)25-13-16-9-11-18(12-10-16)17-7-5-4-6-8-17/h4-12,14H,13,15,24H2,1-3H3,(H2,25,26,28,29). The Morgan fingerprint density at radius 1 is 0.933 bits per heavy atom. The number of fused-ring (bicyclic) bond motifs is 1. The molecule has 2 heterocycles. The average molecular weight is 402 g/mol. The molecule has 0 unspecified atom stereocenters. The third-order valence-corrected chi connectivity index (χ3v) is 4.82. The number of benzene rings is 2. The Kier molecular flexibility index (Phi) is 5.37. The average Bonchev–Trinajstić information content (AvgIpc) is 3.12. The summed E-state index contributed by atoms with van der Waals surface area (Å²) in [5.41, 5.74) is 10.1. The Morgan fingerprint density at radius 3 is 2.33 bits per heavy atom. The summed E-state index contributed by atoms with van der Waals surface area (Å²) in [4.78, 5) is 9.24. The SMILES string of the molecule is Cn1ncc2c(NCc3ccc(-c4ccccc4)cc3)nc(NCC(C)(C)N)nc21. The molecule has 2 aromatic heterocycles. The molecule has 0 aliphatic rings. The third kappa shape index (κ3) is 4.58. The quantitative estimate of drug-likeness (QED) is 0.436. The highest BCUT2D eigenvalue weighted by Crippen LogP contribution is 2.23. The molecular weight excluding hydrogens is 374 g/mol. The van der Waals surface area contributed by atoms with Crippen LogP contribution in [0.1, 0.15) is 19.4 Å². The van der Waals surface area contributed by atoms with E-state index in [-0.39, 0.29) is 5.54 Å². The second kappa shape index (κ2) is 8.12. The number of anilines is 2. The van der Waals surface area contributed by atoms with E-state index in [1.807, 2.05) is 27.0 Å². The number of aromatic nitrogens is 4. The lowest BCUT2D eigenvalue weighted by Crippen LogP contribution is -2.40. The molecule has 0 saturated carbocycles. The zero-order chi connectivity index (χ0) is 21.1. The molecule has 0 aliphatic carbocycles. The molecule has 4 N–H and O–H groups in total. The molecular formula is C23H27N7. The van der Waals surface area contributed by atoms with E-state index in [0.29, 0.717) is 19.0 Å². The van der Waals surface area contributed by atoms with Gasteiger partial charge in [-0.1, -0.05) is 54.6 Å². The molecule has 0 spiro atoms. The van der Waals surface area contributed by atoms with Crippen molar-refractivity contribution in [1.82, 2.24) is 19.7 Å². The molecule has 0 fully saturated rings. The predicted octanol–water partition coefficient (Wildman–Crippen LogP) is 3.79. The summed E-state index contributed by atoms with van der Waals surface area (Å²) in [6, 6.07) is 18.9. The Labute approximate surface area is 176 Å². The van der Waals surface area contributed by atoms with Gasteiger partial charge in [0.25, 0.3) is 0 Å². The van der Waals surface area contributed by atoms with E-state index in [1.165, 1.54) is 16.7 Å². The second-order valence-electron chi connectivity index (χ2n) is 8.16. The van der Waals surface area contributed by atoms with Crippen molar-refractivity contribution in [3.05, 3.63) is 66.4 Å². The highest BCUT2D eigenvalue weighted by atomic mass is 15.3. The van der Waals surface area contributed by atoms with Gasteiger partial charge in [0.1, 0.15) is 5.82 Å². The fourth-order valence-corrected chi connectivity index (χ4v) is 3.17. The van der Waals surface area contributed by atoms with Gasteiger partial charge in [-0.3, -0.25) is 4.68 Å². The van der Waals surface area contributed by atoms with Gasteiger partial charge >= 0.3 is 0 Å². The summed E-state index contributed by atoms with van der Waals surface area (Å²) in [5, 5.41) is 11.9. The maximum Gasteiger partial charge on any atom is 0.226 e. The minimum Gasteiger partial charge on any atom is -0.365 e. The highest BCUT2D eigenvalue weighted by molar-refractivity contribution is 5.87. The maximum absolute atomic E-state index is 6.08. The first-order chi connectivity index (χ1) is 14.4. The molecule has 0 amide bonds. The molecule has 0 aliphatic heterocycles. The van der Waals surface area contributed by atoms with Crippen LogP contribution in [0.15, 0.2) is 60.8 Å². The summed E-state index contributed by atoms with van der Waals surface area (Å²) >= 11 is 0. The van der Waals surface area contributed by atoms with Gasteiger partial charge in [-0.15, -0.1) is 0 Å². The van der Waals surface area contributed by atoms with Crippen LogP contribution in [0.3, 0.4) is 0 Å². The van der Waals surface area contributed by atoms with Gasteiger partial charge in [0.15, 0.2) is 5.65 Å². The van der Waals surface area contributed by atoms with Crippen LogP contribution >= 0.6 is 0 Å². The maximum atomic E-state index is 6.08. The fraction of sp³-hybridized carbons (Fsp3) is 0.261. The topological polar surface area (TPSA) is 93.7 Å². The minimum atomic E-state index is -0.362. The number of hydrogen-bond donors (Lipinski definition) is 3. The summed E-state index contributed by atoms with van der Waals surface area (Å²) in [6.45, 7) is 5.14. The zero-order valence-corrected chi connectivity index (χ0v) is 17.6. The van der Waals surface area contributed by atoms with Crippen LogP contribution in [0.5, 0.6) is 0 Å². The van der Waals surface area contributed by atoms with E-state index in [9.17, 15) is 0 Å². The van der Waals surface area contributed by atoms with Crippen molar-refractivity contribution in [2.45, 2.75) is 25.9 Å². The summed E-state index contributed by atoms with van der Waals surface area (Å²) < 4.78 is 1.75. The van der Waals surface area contributed by atoms with Crippen LogP contribution < -0.4 is 16.4 Å². The summed E-state index contributed by atoms with van der Waals surface area (Å²) in [7, 11) is 1.87. The monoisotopic (exact) mass is 401 g/mol. The van der Waals surface area contributed by atoms with Crippen LogP contribution in [-0.2, 0) is 13.6 Å². The molecule has 30 heavy (non-hydrogen) atoms. The second-order valence-corrected chi connectivity index (χ2v) is 8.16. The zero-order valence-electron chi connectivity index (χ0n) is 17.6. The van der Waals surface area contributed by atoms with Gasteiger partial charge < -0.3 is 16.4 Å². The van der Waals surface area contributed by atoms with Gasteiger partial charge in [0.05, 0.1) is 11.6 Å². The van der Waals surface area contributed by atoms with Crippen LogP contribution in [0.2, 0.25) is 0 Å². The molecule has 0 saturated heterocycles. The lowest BCUT2D eigenvalue weighted by molar-refractivity contribution is 0.547. The van der Waals surface area contributed by atoms with Crippen molar-refractivity contribution in [2.24, 2.45) is 12.8 Å². The molecule has 7 heteroatoms. The third-order valence-electron chi connectivity index (χ3n) is 4.82. The van der Waals surface area contributed by atoms with E-state index >= 15 is 0 Å². The summed E-state index contributed by atoms with van der Waals surface area (Å²) in [5.74, 6) is 1.28. The fourth-order valence-electron chi connectivity index (χ4n) is 3.17. The van der Waals surface area contributed by atoms with E-state index in [1.54, 1.807) is 10.9 Å². The van der Waals surface area contributed by atoms with Crippen LogP contribution in [0.25, 0.3) is 22.2 Å². The molecule has 154 valence electrons. The highest BCUT2D eigenvalue weighted by Gasteiger charge is 2.14. The minimum absolute atomic E-state index is 0.362. The van der Waals surface area contributed by atoms with Crippen LogP contribution in [0, 0.1) is 0 Å². The van der Waals surface area contributed by atoms with Crippen molar-refractivity contribution < 1.29 is 0 Å². The summed E-state index contributed by atoms with van der Waals surface area (Å²) in [6.07, 6.45) is 1.78. The van der Waals surface area contributed by atoms with Gasteiger partial charge in [-0.2, -0.15) is 15.1 Å². The lowest BCUT2D eigenvalue weighted by atomic mass is 10.0.